The second-order valence-electron chi connectivity index (χ2n) is 4.61. The first-order valence-corrected chi connectivity index (χ1v) is 7.91. The Morgan fingerprint density at radius 3 is 2.33 bits per heavy atom. The molecule has 2 rings (SSSR count). The van der Waals surface area contributed by atoms with Crippen LogP contribution in [0, 0.1) is 0 Å². The molecule has 7 nitrogen and oxygen atoms in total. The predicted octanol–water partition coefficient (Wildman–Crippen LogP) is 2.00. The van der Waals surface area contributed by atoms with Crippen LogP contribution < -0.4 is 14.2 Å². The van der Waals surface area contributed by atoms with E-state index in [-0.39, 0.29) is 4.32 Å². The van der Waals surface area contributed by atoms with Crippen molar-refractivity contribution < 1.29 is 28.9 Å². The topological polar surface area (TPSA) is 85.3 Å². The Morgan fingerprint density at radius 2 is 1.79 bits per heavy atom. The van der Waals surface area contributed by atoms with Gasteiger partial charge in [-0.3, -0.25) is 14.5 Å². The highest BCUT2D eigenvalue weighted by Gasteiger charge is 2.33. The molecule has 1 fully saturated rings. The maximum absolute atomic E-state index is 12.3. The van der Waals surface area contributed by atoms with Gasteiger partial charge in [0.25, 0.3) is 5.91 Å². The second kappa shape index (κ2) is 7.54. The van der Waals surface area contributed by atoms with Crippen molar-refractivity contribution in [3.05, 3.63) is 22.6 Å². The Hall–Kier alpha value is -2.26. The van der Waals surface area contributed by atoms with E-state index in [1.165, 1.54) is 21.3 Å². The lowest BCUT2D eigenvalue weighted by Crippen LogP contribution is -2.33. The summed E-state index contributed by atoms with van der Waals surface area (Å²) in [6.07, 6.45) is 1.59. The Morgan fingerprint density at radius 1 is 1.21 bits per heavy atom. The number of carbonyl (C=O) groups is 2. The van der Waals surface area contributed by atoms with E-state index < -0.39 is 18.4 Å². The van der Waals surface area contributed by atoms with Crippen molar-refractivity contribution in [3.8, 4) is 17.2 Å². The van der Waals surface area contributed by atoms with E-state index in [0.717, 1.165) is 16.7 Å². The van der Waals surface area contributed by atoms with Gasteiger partial charge in [-0.2, -0.15) is 0 Å². The standard InChI is InChI=1S/C15H15NO6S2/c1-20-9-6-11(22-3)10(21-2)4-8(9)5-12-14(19)16(7-13(17)18)15(23)24-12/h4-6H,7H2,1-3H3,(H,17,18). The zero-order valence-electron chi connectivity index (χ0n) is 13.2. The first-order chi connectivity index (χ1) is 11.4. The molecule has 1 heterocycles. The van der Waals surface area contributed by atoms with Gasteiger partial charge in [0, 0.05) is 11.6 Å². The lowest BCUT2D eigenvalue weighted by Gasteiger charge is -2.12. The van der Waals surface area contributed by atoms with Crippen molar-refractivity contribution in [1.29, 1.82) is 0 Å². The van der Waals surface area contributed by atoms with Crippen molar-refractivity contribution >= 4 is 46.3 Å². The number of nitrogens with zero attached hydrogens (tertiary/aromatic N) is 1. The fourth-order valence-corrected chi connectivity index (χ4v) is 3.32. The number of methoxy groups -OCH3 is 3. The van der Waals surface area contributed by atoms with Gasteiger partial charge < -0.3 is 19.3 Å². The first-order valence-electron chi connectivity index (χ1n) is 6.68. The number of hydrogen-bond acceptors (Lipinski definition) is 7. The molecule has 1 aliphatic rings. The Bertz CT molecular complexity index is 731. The maximum atomic E-state index is 12.3. The lowest BCUT2D eigenvalue weighted by atomic mass is 10.1. The summed E-state index contributed by atoms with van der Waals surface area (Å²) in [5, 5.41) is 8.86. The largest absolute Gasteiger partial charge is 0.496 e. The van der Waals surface area contributed by atoms with Gasteiger partial charge in [0.05, 0.1) is 26.2 Å². The number of aliphatic carboxylic acids is 1. The summed E-state index contributed by atoms with van der Waals surface area (Å²) >= 11 is 6.11. The van der Waals surface area contributed by atoms with Gasteiger partial charge in [0.2, 0.25) is 0 Å². The molecule has 0 radical (unpaired) electrons. The van der Waals surface area contributed by atoms with Crippen molar-refractivity contribution in [2.45, 2.75) is 0 Å². The SMILES string of the molecule is COc1cc(OC)c(OC)cc1C=C1SC(=S)N(CC(=O)O)C1=O. The van der Waals surface area contributed by atoms with Gasteiger partial charge in [-0.1, -0.05) is 24.0 Å². The van der Waals surface area contributed by atoms with Crippen LogP contribution in [0.5, 0.6) is 17.2 Å². The average Bonchev–Trinajstić information content (AvgIpc) is 2.81. The molecule has 1 aliphatic heterocycles. The van der Waals surface area contributed by atoms with E-state index in [2.05, 4.69) is 0 Å². The molecular weight excluding hydrogens is 354 g/mol. The highest BCUT2D eigenvalue weighted by molar-refractivity contribution is 8.26. The fraction of sp³-hybridized carbons (Fsp3) is 0.267. The van der Waals surface area contributed by atoms with Gasteiger partial charge in [-0.15, -0.1) is 0 Å². The Kier molecular flexibility index (Phi) is 5.68. The molecule has 0 bridgehead atoms. The van der Waals surface area contributed by atoms with Crippen molar-refractivity contribution in [3.63, 3.8) is 0 Å². The Balaban J connectivity index is 2.42. The molecule has 1 amide bonds. The Labute approximate surface area is 148 Å². The number of carboxylic acid groups (broad SMARTS) is 1. The monoisotopic (exact) mass is 369 g/mol. The molecule has 1 aromatic carbocycles. The van der Waals surface area contributed by atoms with Crippen molar-refractivity contribution in [2.24, 2.45) is 0 Å². The smallest absolute Gasteiger partial charge is 0.323 e. The molecule has 0 unspecified atom stereocenters. The highest BCUT2D eigenvalue weighted by Crippen LogP contribution is 2.38. The van der Waals surface area contributed by atoms with Crippen LogP contribution in [0.2, 0.25) is 0 Å². The molecule has 0 atom stereocenters. The minimum absolute atomic E-state index is 0.202. The minimum atomic E-state index is -1.13. The number of benzene rings is 1. The van der Waals surface area contributed by atoms with Gasteiger partial charge in [0.15, 0.2) is 11.5 Å². The number of amides is 1. The summed E-state index contributed by atoms with van der Waals surface area (Å²) in [5.74, 6) is -0.132. The van der Waals surface area contributed by atoms with Crippen LogP contribution in [-0.4, -0.2) is 54.1 Å². The summed E-state index contributed by atoms with van der Waals surface area (Å²) in [5.41, 5.74) is 0.589. The second-order valence-corrected chi connectivity index (χ2v) is 6.29. The number of carbonyl (C=O) groups excluding carboxylic acids is 1. The maximum Gasteiger partial charge on any atom is 0.323 e. The van der Waals surface area contributed by atoms with Gasteiger partial charge in [-0.05, 0) is 12.1 Å². The van der Waals surface area contributed by atoms with Gasteiger partial charge >= 0.3 is 5.97 Å². The number of rotatable bonds is 6. The molecule has 128 valence electrons. The van der Waals surface area contributed by atoms with E-state index in [0.29, 0.717) is 27.7 Å². The van der Waals surface area contributed by atoms with Crippen molar-refractivity contribution in [2.75, 3.05) is 27.9 Å². The predicted molar refractivity (Wildman–Crippen MR) is 93.6 cm³/mol. The molecule has 0 aliphatic carbocycles. The lowest BCUT2D eigenvalue weighted by molar-refractivity contribution is -0.140. The van der Waals surface area contributed by atoms with E-state index >= 15 is 0 Å². The van der Waals surface area contributed by atoms with Crippen LogP contribution in [0.1, 0.15) is 5.56 Å². The van der Waals surface area contributed by atoms with Crippen LogP contribution in [0.15, 0.2) is 17.0 Å². The quantitative estimate of drug-likeness (QED) is 0.602. The molecule has 0 spiro atoms. The average molecular weight is 369 g/mol. The number of hydrogen-bond donors (Lipinski definition) is 1. The molecule has 0 saturated carbocycles. The summed E-state index contributed by atoms with van der Waals surface area (Å²) < 4.78 is 16.0. The van der Waals surface area contributed by atoms with Crippen molar-refractivity contribution in [1.82, 2.24) is 4.90 Å². The fourth-order valence-electron chi connectivity index (χ4n) is 2.08. The van der Waals surface area contributed by atoms with Crippen LogP contribution >= 0.6 is 24.0 Å². The van der Waals surface area contributed by atoms with Crippen LogP contribution in [-0.2, 0) is 9.59 Å². The third-order valence-corrected chi connectivity index (χ3v) is 4.57. The molecule has 1 N–H and O–H groups in total. The molecule has 24 heavy (non-hydrogen) atoms. The van der Waals surface area contributed by atoms with Gasteiger partial charge in [-0.25, -0.2) is 0 Å². The van der Waals surface area contributed by atoms with E-state index in [1.807, 2.05) is 0 Å². The number of thiocarbonyl (C=S) groups is 1. The first kappa shape index (κ1) is 18.1. The molecule has 1 aromatic rings. The summed E-state index contributed by atoms with van der Waals surface area (Å²) in [7, 11) is 4.50. The normalized spacial score (nSPS) is 15.8. The van der Waals surface area contributed by atoms with E-state index in [1.54, 1.807) is 18.2 Å². The third-order valence-electron chi connectivity index (χ3n) is 3.19. The minimum Gasteiger partial charge on any atom is -0.496 e. The third kappa shape index (κ3) is 3.62. The zero-order chi connectivity index (χ0) is 17.9. The van der Waals surface area contributed by atoms with Crippen LogP contribution in [0.25, 0.3) is 6.08 Å². The molecule has 9 heteroatoms. The summed E-state index contributed by atoms with van der Waals surface area (Å²) in [6, 6.07) is 3.31. The van der Waals surface area contributed by atoms with Gasteiger partial charge in [0.1, 0.15) is 16.6 Å². The number of carboxylic acids is 1. The number of ether oxygens (including phenoxy) is 3. The van der Waals surface area contributed by atoms with E-state index in [4.69, 9.17) is 31.5 Å². The molecular formula is C15H15NO6S2. The van der Waals surface area contributed by atoms with Crippen LogP contribution in [0.4, 0.5) is 0 Å². The summed E-state index contributed by atoms with van der Waals surface area (Å²) in [4.78, 5) is 24.5. The summed E-state index contributed by atoms with van der Waals surface area (Å²) in [6.45, 7) is -0.467. The molecule has 1 saturated heterocycles. The zero-order valence-corrected chi connectivity index (χ0v) is 14.8. The highest BCUT2D eigenvalue weighted by atomic mass is 32.2. The molecule has 0 aromatic heterocycles. The van der Waals surface area contributed by atoms with Crippen LogP contribution in [0.3, 0.4) is 0 Å². The number of thioether (sulfide) groups is 1. The van der Waals surface area contributed by atoms with E-state index in [9.17, 15) is 9.59 Å².